The second-order valence-corrected chi connectivity index (χ2v) is 2.54. The molecule has 1 aromatic carbocycles. The lowest BCUT2D eigenvalue weighted by Crippen LogP contribution is -1.88. The summed E-state index contributed by atoms with van der Waals surface area (Å²) in [5.74, 6) is 3.97. The second-order valence-electron chi connectivity index (χ2n) is 2.54. The maximum absolute atomic E-state index is 13.2. The van der Waals surface area contributed by atoms with Gasteiger partial charge in [0.2, 0.25) is 0 Å². The summed E-state index contributed by atoms with van der Waals surface area (Å²) in [6.07, 6.45) is 0.570. The highest BCUT2D eigenvalue weighted by molar-refractivity contribution is 5.74. The Morgan fingerprint density at radius 2 is 2.29 bits per heavy atom. The maximum Gasteiger partial charge on any atom is 0.193 e. The van der Waals surface area contributed by atoms with Gasteiger partial charge < -0.3 is 0 Å². The minimum absolute atomic E-state index is 0.165. The second kappa shape index (κ2) is 4.79. The number of rotatable bonds is 1. The third kappa shape index (κ3) is 2.43. The molecule has 0 saturated heterocycles. The smallest absolute Gasteiger partial charge is 0.193 e. The summed E-state index contributed by atoms with van der Waals surface area (Å²) >= 11 is 0. The van der Waals surface area contributed by atoms with Gasteiger partial charge in [0.05, 0.1) is 18.1 Å². The third-order valence-corrected chi connectivity index (χ3v) is 1.58. The molecule has 14 heavy (non-hydrogen) atoms. The van der Waals surface area contributed by atoms with E-state index in [1.165, 1.54) is 12.1 Å². The molecule has 0 N–H and O–H groups in total. The standard InChI is InChI=1S/C11H6FNO/c12-11-8-9(5-6-13)3-4-10(11)2-1-7-14/h3-4,7-8H,5H2. The fraction of sp³-hybridized carbons (Fsp3) is 0.0909. The van der Waals surface area contributed by atoms with Crippen molar-refractivity contribution in [2.45, 2.75) is 6.42 Å². The highest BCUT2D eigenvalue weighted by Crippen LogP contribution is 2.09. The molecule has 0 saturated carbocycles. The summed E-state index contributed by atoms with van der Waals surface area (Å²) in [5, 5.41) is 8.37. The molecule has 0 radical (unpaired) electrons. The van der Waals surface area contributed by atoms with Crippen molar-refractivity contribution in [2.24, 2.45) is 0 Å². The lowest BCUT2D eigenvalue weighted by molar-refractivity contribution is -0.103. The first-order valence-electron chi connectivity index (χ1n) is 3.88. The molecular formula is C11H6FNO. The molecular weight excluding hydrogens is 181 g/mol. The van der Waals surface area contributed by atoms with Crippen LogP contribution in [0.15, 0.2) is 18.2 Å². The number of aldehydes is 1. The van der Waals surface area contributed by atoms with Crippen molar-refractivity contribution in [3.8, 4) is 17.9 Å². The molecule has 0 bridgehead atoms. The van der Waals surface area contributed by atoms with Gasteiger partial charge in [0.15, 0.2) is 6.29 Å². The fourth-order valence-electron chi connectivity index (χ4n) is 0.968. The van der Waals surface area contributed by atoms with Crippen LogP contribution in [0.3, 0.4) is 0 Å². The fourth-order valence-corrected chi connectivity index (χ4v) is 0.968. The van der Waals surface area contributed by atoms with Gasteiger partial charge in [0.1, 0.15) is 5.82 Å². The zero-order valence-electron chi connectivity index (χ0n) is 7.25. The van der Waals surface area contributed by atoms with Crippen molar-refractivity contribution in [1.29, 1.82) is 5.26 Å². The van der Waals surface area contributed by atoms with Gasteiger partial charge >= 0.3 is 0 Å². The molecule has 2 nitrogen and oxygen atoms in total. The number of nitrogens with zero attached hydrogens (tertiary/aromatic N) is 1. The summed E-state index contributed by atoms with van der Waals surface area (Å²) in [7, 11) is 0. The minimum atomic E-state index is -0.507. The number of carbonyl (C=O) groups excluding carboxylic acids is 1. The predicted molar refractivity (Wildman–Crippen MR) is 48.7 cm³/mol. The van der Waals surface area contributed by atoms with E-state index in [0.29, 0.717) is 11.8 Å². The van der Waals surface area contributed by atoms with E-state index in [0.717, 1.165) is 0 Å². The van der Waals surface area contributed by atoms with Gasteiger partial charge in [-0.2, -0.15) is 5.26 Å². The first kappa shape index (κ1) is 9.95. The number of hydrogen-bond acceptors (Lipinski definition) is 2. The van der Waals surface area contributed by atoms with Crippen LogP contribution >= 0.6 is 0 Å². The van der Waals surface area contributed by atoms with E-state index in [2.05, 4.69) is 11.8 Å². The average Bonchev–Trinajstić information content (AvgIpc) is 2.17. The van der Waals surface area contributed by atoms with Crippen LogP contribution in [-0.4, -0.2) is 6.29 Å². The number of hydrogen-bond donors (Lipinski definition) is 0. The first-order chi connectivity index (χ1) is 6.77. The van der Waals surface area contributed by atoms with Crippen molar-refractivity contribution in [1.82, 2.24) is 0 Å². The van der Waals surface area contributed by atoms with Gasteiger partial charge in [-0.05, 0) is 23.6 Å². The molecule has 0 aliphatic carbocycles. The minimum Gasteiger partial charge on any atom is -0.289 e. The van der Waals surface area contributed by atoms with Crippen LogP contribution in [0, 0.1) is 29.0 Å². The number of nitriles is 1. The number of benzene rings is 1. The summed E-state index contributed by atoms with van der Waals surface area (Å²) in [5.41, 5.74) is 0.764. The van der Waals surface area contributed by atoms with Crippen molar-refractivity contribution >= 4 is 6.29 Å². The van der Waals surface area contributed by atoms with E-state index in [-0.39, 0.29) is 12.0 Å². The van der Waals surface area contributed by atoms with Gasteiger partial charge in [0.25, 0.3) is 0 Å². The van der Waals surface area contributed by atoms with Gasteiger partial charge in [-0.3, -0.25) is 4.79 Å². The van der Waals surface area contributed by atoms with Crippen LogP contribution in [0.5, 0.6) is 0 Å². The van der Waals surface area contributed by atoms with Crippen LogP contribution in [0.1, 0.15) is 11.1 Å². The molecule has 0 unspecified atom stereocenters. The molecule has 0 aliphatic rings. The van der Waals surface area contributed by atoms with Gasteiger partial charge in [-0.1, -0.05) is 12.0 Å². The molecule has 1 rings (SSSR count). The normalized spacial score (nSPS) is 8.29. The predicted octanol–water partition coefficient (Wildman–Crippen LogP) is 1.44. The van der Waals surface area contributed by atoms with E-state index in [1.807, 2.05) is 6.07 Å². The molecule has 0 heterocycles. The quantitative estimate of drug-likeness (QED) is 0.493. The van der Waals surface area contributed by atoms with Crippen molar-refractivity contribution in [3.63, 3.8) is 0 Å². The Labute approximate surface area is 81.0 Å². The Hall–Kier alpha value is -2.13. The number of halogens is 1. The highest BCUT2D eigenvalue weighted by atomic mass is 19.1. The molecule has 0 aromatic heterocycles. The van der Waals surface area contributed by atoms with E-state index >= 15 is 0 Å². The molecule has 0 atom stereocenters. The molecule has 0 aliphatic heterocycles. The van der Waals surface area contributed by atoms with Crippen LogP contribution in [0.4, 0.5) is 4.39 Å². The van der Waals surface area contributed by atoms with E-state index < -0.39 is 5.82 Å². The summed E-state index contributed by atoms with van der Waals surface area (Å²) < 4.78 is 13.2. The summed E-state index contributed by atoms with van der Waals surface area (Å²) in [4.78, 5) is 9.92. The molecule has 0 spiro atoms. The van der Waals surface area contributed by atoms with Crippen LogP contribution in [0.2, 0.25) is 0 Å². The van der Waals surface area contributed by atoms with E-state index in [1.54, 1.807) is 6.07 Å². The molecule has 68 valence electrons. The van der Waals surface area contributed by atoms with Gasteiger partial charge in [-0.15, -0.1) is 0 Å². The van der Waals surface area contributed by atoms with Crippen LogP contribution < -0.4 is 0 Å². The van der Waals surface area contributed by atoms with E-state index in [4.69, 9.17) is 5.26 Å². The highest BCUT2D eigenvalue weighted by Gasteiger charge is 2.00. The lowest BCUT2D eigenvalue weighted by atomic mass is 10.1. The molecule has 1 aromatic rings. The molecule has 0 fully saturated rings. The van der Waals surface area contributed by atoms with Crippen molar-refractivity contribution in [2.75, 3.05) is 0 Å². The first-order valence-corrected chi connectivity index (χ1v) is 3.88. The van der Waals surface area contributed by atoms with Crippen LogP contribution in [0.25, 0.3) is 0 Å². The zero-order chi connectivity index (χ0) is 10.4. The average molecular weight is 187 g/mol. The Bertz CT molecular complexity index is 449. The Balaban J connectivity index is 3.02. The van der Waals surface area contributed by atoms with Crippen LogP contribution in [-0.2, 0) is 11.2 Å². The third-order valence-electron chi connectivity index (χ3n) is 1.58. The Kier molecular flexibility index (Phi) is 3.41. The lowest BCUT2D eigenvalue weighted by Gasteiger charge is -1.96. The number of carbonyl (C=O) groups is 1. The van der Waals surface area contributed by atoms with Crippen molar-refractivity contribution in [3.05, 3.63) is 35.1 Å². The summed E-state index contributed by atoms with van der Waals surface area (Å²) in [6.45, 7) is 0. The summed E-state index contributed by atoms with van der Waals surface area (Å²) in [6, 6.07) is 6.23. The SMILES string of the molecule is N#CCc1ccc(C#CC=O)c(F)c1. The molecule has 0 amide bonds. The topological polar surface area (TPSA) is 40.9 Å². The largest absolute Gasteiger partial charge is 0.289 e. The monoisotopic (exact) mass is 187 g/mol. The van der Waals surface area contributed by atoms with E-state index in [9.17, 15) is 9.18 Å². The maximum atomic E-state index is 13.2. The Morgan fingerprint density at radius 1 is 1.50 bits per heavy atom. The van der Waals surface area contributed by atoms with Gasteiger partial charge in [-0.25, -0.2) is 4.39 Å². The van der Waals surface area contributed by atoms with Crippen molar-refractivity contribution < 1.29 is 9.18 Å². The Morgan fingerprint density at radius 3 is 2.86 bits per heavy atom. The zero-order valence-corrected chi connectivity index (χ0v) is 7.25. The van der Waals surface area contributed by atoms with Gasteiger partial charge in [0, 0.05) is 0 Å². The molecule has 3 heteroatoms.